The zero-order chi connectivity index (χ0) is 15.0. The summed E-state index contributed by atoms with van der Waals surface area (Å²) in [4.78, 5) is 19.1. The molecule has 108 valence electrons. The quantitative estimate of drug-likeness (QED) is 0.746. The zero-order valence-corrected chi connectivity index (χ0v) is 12.9. The number of hydrogen-bond acceptors (Lipinski definition) is 2. The standard InChI is InChI=1S/C17H17ClN2O/c1-11-6-8-20(9-7-11)17(21)14-10-12(2)19-16-13(14)4-3-5-15(16)18/h3-6,10H,7-9H2,1-2H3. The fourth-order valence-electron chi connectivity index (χ4n) is 2.64. The summed E-state index contributed by atoms with van der Waals surface area (Å²) >= 11 is 6.21. The van der Waals surface area contributed by atoms with E-state index in [1.807, 2.05) is 30.0 Å². The molecule has 21 heavy (non-hydrogen) atoms. The van der Waals surface area contributed by atoms with Gasteiger partial charge < -0.3 is 4.90 Å². The zero-order valence-electron chi connectivity index (χ0n) is 12.2. The van der Waals surface area contributed by atoms with Crippen LogP contribution in [0.2, 0.25) is 5.02 Å². The third kappa shape index (κ3) is 2.66. The highest BCUT2D eigenvalue weighted by atomic mass is 35.5. The molecule has 0 atom stereocenters. The van der Waals surface area contributed by atoms with E-state index in [0.29, 0.717) is 22.6 Å². The van der Waals surface area contributed by atoms with Crippen molar-refractivity contribution in [3.63, 3.8) is 0 Å². The third-order valence-electron chi connectivity index (χ3n) is 3.87. The average Bonchev–Trinajstić information content (AvgIpc) is 2.47. The van der Waals surface area contributed by atoms with Crippen LogP contribution >= 0.6 is 11.6 Å². The number of carbonyl (C=O) groups excluding carboxylic acids is 1. The van der Waals surface area contributed by atoms with Gasteiger partial charge in [0.15, 0.2) is 0 Å². The highest BCUT2D eigenvalue weighted by molar-refractivity contribution is 6.35. The van der Waals surface area contributed by atoms with E-state index in [1.54, 1.807) is 6.07 Å². The van der Waals surface area contributed by atoms with Crippen molar-refractivity contribution in [2.45, 2.75) is 20.3 Å². The van der Waals surface area contributed by atoms with Crippen LogP contribution in [0.4, 0.5) is 0 Å². The summed E-state index contributed by atoms with van der Waals surface area (Å²) in [5, 5.41) is 1.41. The molecule has 0 aliphatic carbocycles. The molecule has 4 heteroatoms. The van der Waals surface area contributed by atoms with Crippen molar-refractivity contribution in [3.8, 4) is 0 Å². The molecule has 0 radical (unpaired) electrons. The summed E-state index contributed by atoms with van der Waals surface area (Å²) in [5.41, 5.74) is 3.54. The van der Waals surface area contributed by atoms with Gasteiger partial charge in [-0.3, -0.25) is 9.78 Å². The van der Waals surface area contributed by atoms with Crippen LogP contribution < -0.4 is 0 Å². The molecule has 1 aromatic carbocycles. The minimum atomic E-state index is 0.0523. The van der Waals surface area contributed by atoms with E-state index in [4.69, 9.17) is 11.6 Å². The Morgan fingerprint density at radius 2 is 2.14 bits per heavy atom. The second-order valence-corrected chi connectivity index (χ2v) is 5.91. The number of aromatic nitrogens is 1. The summed E-state index contributed by atoms with van der Waals surface area (Å²) in [7, 11) is 0. The molecule has 2 aromatic rings. The number of rotatable bonds is 1. The monoisotopic (exact) mass is 300 g/mol. The van der Waals surface area contributed by atoms with E-state index in [1.165, 1.54) is 5.57 Å². The minimum absolute atomic E-state index is 0.0523. The van der Waals surface area contributed by atoms with Crippen LogP contribution in [-0.4, -0.2) is 28.9 Å². The molecule has 0 bridgehead atoms. The van der Waals surface area contributed by atoms with Gasteiger partial charge in [-0.25, -0.2) is 0 Å². The molecule has 0 unspecified atom stereocenters. The highest BCUT2D eigenvalue weighted by Gasteiger charge is 2.20. The lowest BCUT2D eigenvalue weighted by Crippen LogP contribution is -2.34. The fraction of sp³-hybridized carbons (Fsp3) is 0.294. The molecule has 3 nitrogen and oxygen atoms in total. The molecule has 1 aliphatic rings. The summed E-state index contributed by atoms with van der Waals surface area (Å²) < 4.78 is 0. The van der Waals surface area contributed by atoms with Crippen molar-refractivity contribution in [1.82, 2.24) is 9.88 Å². The van der Waals surface area contributed by atoms with E-state index in [9.17, 15) is 4.79 Å². The predicted molar refractivity (Wildman–Crippen MR) is 85.8 cm³/mol. The maximum Gasteiger partial charge on any atom is 0.254 e. The first-order chi connectivity index (χ1) is 10.1. The molecule has 0 fully saturated rings. The molecule has 3 rings (SSSR count). The molecular formula is C17H17ClN2O. The van der Waals surface area contributed by atoms with Gasteiger partial charge in [0.1, 0.15) is 0 Å². The summed E-state index contributed by atoms with van der Waals surface area (Å²) in [6.45, 7) is 5.44. The lowest BCUT2D eigenvalue weighted by atomic mass is 10.0. The van der Waals surface area contributed by atoms with Gasteiger partial charge in [-0.05, 0) is 32.4 Å². The Bertz CT molecular complexity index is 752. The Kier molecular flexibility index (Phi) is 3.68. The number of nitrogens with zero attached hydrogens (tertiary/aromatic N) is 2. The predicted octanol–water partition coefficient (Wildman–Crippen LogP) is 3.99. The van der Waals surface area contributed by atoms with Crippen molar-refractivity contribution in [2.24, 2.45) is 0 Å². The number of halogens is 1. The molecule has 0 saturated heterocycles. The first-order valence-electron chi connectivity index (χ1n) is 7.07. The van der Waals surface area contributed by atoms with Crippen molar-refractivity contribution < 1.29 is 4.79 Å². The van der Waals surface area contributed by atoms with Crippen LogP contribution in [0.5, 0.6) is 0 Å². The Labute approximate surface area is 129 Å². The molecule has 0 spiro atoms. The Hall–Kier alpha value is -1.87. The summed E-state index contributed by atoms with van der Waals surface area (Å²) in [6, 6.07) is 7.42. The van der Waals surface area contributed by atoms with Gasteiger partial charge in [0, 0.05) is 24.2 Å². The second-order valence-electron chi connectivity index (χ2n) is 5.50. The SMILES string of the molecule is CC1=CCN(C(=O)c2cc(C)nc3c(Cl)cccc23)CC1. The van der Waals surface area contributed by atoms with E-state index in [0.717, 1.165) is 24.0 Å². The average molecular weight is 301 g/mol. The number of amides is 1. The van der Waals surface area contributed by atoms with E-state index in [-0.39, 0.29) is 5.91 Å². The minimum Gasteiger partial charge on any atom is -0.335 e. The first kappa shape index (κ1) is 14.1. The molecule has 1 aliphatic heterocycles. The molecule has 1 aromatic heterocycles. The maximum atomic E-state index is 12.8. The number of hydrogen-bond donors (Lipinski definition) is 0. The second kappa shape index (κ2) is 5.49. The number of carbonyl (C=O) groups is 1. The van der Waals surface area contributed by atoms with E-state index < -0.39 is 0 Å². The normalized spacial score (nSPS) is 15.2. The lowest BCUT2D eigenvalue weighted by molar-refractivity contribution is 0.0771. The number of aryl methyl sites for hydroxylation is 1. The molecule has 2 heterocycles. The molecular weight excluding hydrogens is 284 g/mol. The molecule has 0 N–H and O–H groups in total. The van der Waals surface area contributed by atoms with Crippen LogP contribution in [0, 0.1) is 6.92 Å². The number of benzene rings is 1. The van der Waals surface area contributed by atoms with E-state index >= 15 is 0 Å². The molecule has 0 saturated carbocycles. The van der Waals surface area contributed by atoms with E-state index in [2.05, 4.69) is 18.0 Å². The highest BCUT2D eigenvalue weighted by Crippen LogP contribution is 2.26. The largest absolute Gasteiger partial charge is 0.335 e. The van der Waals surface area contributed by atoms with Crippen LogP contribution in [0.25, 0.3) is 10.9 Å². The van der Waals surface area contributed by atoms with Gasteiger partial charge in [0.25, 0.3) is 5.91 Å². The van der Waals surface area contributed by atoms with Crippen molar-refractivity contribution in [1.29, 1.82) is 0 Å². The summed E-state index contributed by atoms with van der Waals surface area (Å²) in [6.07, 6.45) is 3.05. The van der Waals surface area contributed by atoms with Crippen LogP contribution in [-0.2, 0) is 0 Å². The summed E-state index contributed by atoms with van der Waals surface area (Å²) in [5.74, 6) is 0.0523. The van der Waals surface area contributed by atoms with Gasteiger partial charge >= 0.3 is 0 Å². The maximum absolute atomic E-state index is 12.8. The first-order valence-corrected chi connectivity index (χ1v) is 7.45. The number of para-hydroxylation sites is 1. The Balaban J connectivity index is 2.08. The van der Waals surface area contributed by atoms with Gasteiger partial charge in [-0.1, -0.05) is 35.4 Å². The van der Waals surface area contributed by atoms with Crippen LogP contribution in [0.15, 0.2) is 35.9 Å². The van der Waals surface area contributed by atoms with Gasteiger partial charge in [0.05, 0.1) is 16.1 Å². The number of fused-ring (bicyclic) bond motifs is 1. The Morgan fingerprint density at radius 3 is 2.86 bits per heavy atom. The van der Waals surface area contributed by atoms with Crippen LogP contribution in [0.1, 0.15) is 29.4 Å². The van der Waals surface area contributed by atoms with Crippen LogP contribution in [0.3, 0.4) is 0 Å². The van der Waals surface area contributed by atoms with Gasteiger partial charge in [-0.2, -0.15) is 0 Å². The molecule has 1 amide bonds. The smallest absolute Gasteiger partial charge is 0.254 e. The number of pyridine rings is 1. The van der Waals surface area contributed by atoms with Gasteiger partial charge in [0.2, 0.25) is 0 Å². The lowest BCUT2D eigenvalue weighted by Gasteiger charge is -2.26. The van der Waals surface area contributed by atoms with Gasteiger partial charge in [-0.15, -0.1) is 0 Å². The van der Waals surface area contributed by atoms with Crippen molar-refractivity contribution >= 4 is 28.4 Å². The van der Waals surface area contributed by atoms with Crippen molar-refractivity contribution in [3.05, 3.63) is 52.2 Å². The van der Waals surface area contributed by atoms with Crippen molar-refractivity contribution in [2.75, 3.05) is 13.1 Å². The Morgan fingerprint density at radius 1 is 1.33 bits per heavy atom. The fourth-order valence-corrected chi connectivity index (χ4v) is 2.86. The topological polar surface area (TPSA) is 33.2 Å². The third-order valence-corrected chi connectivity index (χ3v) is 4.18.